The molecule has 0 aliphatic rings. The molecule has 1 atom stereocenters. The molecule has 5 heteroatoms. The van der Waals surface area contributed by atoms with Gasteiger partial charge in [0.2, 0.25) is 0 Å². The average molecular weight is 441 g/mol. The van der Waals surface area contributed by atoms with Crippen LogP contribution in [0, 0.1) is 6.92 Å². The van der Waals surface area contributed by atoms with Crippen molar-refractivity contribution in [1.82, 2.24) is 0 Å². The standard InChI is InChI=1S/C26H29ClO4/c1-15-13-17-7-10-18(26(5,6)30)14-20(17)22(16-8-11-19(27)12-9-16)21(15)23(24(28)29)31-25(2,3)4/h7-14,23,30H,1-6H3,(H,28,29). The highest BCUT2D eigenvalue weighted by Gasteiger charge is 2.31. The van der Waals surface area contributed by atoms with E-state index in [0.717, 1.165) is 33.0 Å². The third-order valence-corrected chi connectivity index (χ3v) is 5.44. The highest BCUT2D eigenvalue weighted by Crippen LogP contribution is 2.41. The minimum absolute atomic E-state index is 0.597. The zero-order valence-electron chi connectivity index (χ0n) is 18.8. The van der Waals surface area contributed by atoms with Crippen LogP contribution in [-0.4, -0.2) is 21.8 Å². The fraction of sp³-hybridized carbons (Fsp3) is 0.346. The molecule has 0 saturated carbocycles. The van der Waals surface area contributed by atoms with Crippen LogP contribution in [0.3, 0.4) is 0 Å². The van der Waals surface area contributed by atoms with Crippen LogP contribution in [0.5, 0.6) is 0 Å². The van der Waals surface area contributed by atoms with Crippen LogP contribution in [-0.2, 0) is 15.1 Å². The lowest BCUT2D eigenvalue weighted by atomic mass is 9.85. The highest BCUT2D eigenvalue weighted by molar-refractivity contribution is 6.30. The molecule has 1 unspecified atom stereocenters. The van der Waals surface area contributed by atoms with Crippen molar-refractivity contribution in [3.63, 3.8) is 0 Å². The number of aliphatic hydroxyl groups is 1. The summed E-state index contributed by atoms with van der Waals surface area (Å²) < 4.78 is 6.02. The molecule has 0 saturated heterocycles. The van der Waals surface area contributed by atoms with Gasteiger partial charge >= 0.3 is 5.97 Å². The van der Waals surface area contributed by atoms with Gasteiger partial charge in [-0.25, -0.2) is 4.79 Å². The Bertz CT molecular complexity index is 1120. The summed E-state index contributed by atoms with van der Waals surface area (Å²) in [6.07, 6.45) is -1.15. The molecule has 0 spiro atoms. The lowest BCUT2D eigenvalue weighted by molar-refractivity contribution is -0.160. The number of rotatable bonds is 5. The molecule has 0 radical (unpaired) electrons. The molecule has 3 aromatic carbocycles. The van der Waals surface area contributed by atoms with Gasteiger partial charge in [0.05, 0.1) is 11.2 Å². The summed E-state index contributed by atoms with van der Waals surface area (Å²) in [6.45, 7) is 10.9. The third-order valence-electron chi connectivity index (χ3n) is 5.19. The van der Waals surface area contributed by atoms with Gasteiger partial charge in [-0.1, -0.05) is 41.9 Å². The molecule has 3 aromatic rings. The lowest BCUT2D eigenvalue weighted by Crippen LogP contribution is -2.28. The Morgan fingerprint density at radius 3 is 2.13 bits per heavy atom. The summed E-state index contributed by atoms with van der Waals surface area (Å²) in [7, 11) is 0. The number of hydrogen-bond donors (Lipinski definition) is 2. The van der Waals surface area contributed by atoms with E-state index in [0.29, 0.717) is 10.6 Å². The highest BCUT2D eigenvalue weighted by atomic mass is 35.5. The van der Waals surface area contributed by atoms with Crippen LogP contribution in [0.4, 0.5) is 0 Å². The fourth-order valence-corrected chi connectivity index (χ4v) is 3.91. The second kappa shape index (κ2) is 8.27. The quantitative estimate of drug-likeness (QED) is 0.466. The molecule has 31 heavy (non-hydrogen) atoms. The van der Waals surface area contributed by atoms with Gasteiger partial charge in [0.25, 0.3) is 0 Å². The van der Waals surface area contributed by atoms with Crippen molar-refractivity contribution in [2.45, 2.75) is 58.8 Å². The molecule has 3 rings (SSSR count). The first-order valence-electron chi connectivity index (χ1n) is 10.2. The number of carbonyl (C=O) groups is 1. The Kier molecular flexibility index (Phi) is 6.21. The first kappa shape index (κ1) is 23.3. The van der Waals surface area contributed by atoms with Crippen molar-refractivity contribution < 1.29 is 19.7 Å². The van der Waals surface area contributed by atoms with Crippen LogP contribution in [0.2, 0.25) is 5.02 Å². The molecule has 2 N–H and O–H groups in total. The summed E-state index contributed by atoms with van der Waals surface area (Å²) in [5.41, 5.74) is 2.09. The van der Waals surface area contributed by atoms with Crippen molar-refractivity contribution in [2.75, 3.05) is 0 Å². The van der Waals surface area contributed by atoms with Crippen molar-refractivity contribution in [3.05, 3.63) is 70.2 Å². The van der Waals surface area contributed by atoms with E-state index >= 15 is 0 Å². The van der Waals surface area contributed by atoms with Crippen molar-refractivity contribution in [2.24, 2.45) is 0 Å². The third kappa shape index (κ3) is 5.09. The second-order valence-corrected chi connectivity index (χ2v) is 9.87. The Morgan fingerprint density at radius 1 is 1.00 bits per heavy atom. The Morgan fingerprint density at radius 2 is 1.61 bits per heavy atom. The molecule has 4 nitrogen and oxygen atoms in total. The molecule has 0 aliphatic heterocycles. The smallest absolute Gasteiger partial charge is 0.337 e. The van der Waals surface area contributed by atoms with Gasteiger partial charge in [0, 0.05) is 10.6 Å². The molecular weight excluding hydrogens is 412 g/mol. The van der Waals surface area contributed by atoms with E-state index in [1.54, 1.807) is 26.0 Å². The summed E-state index contributed by atoms with van der Waals surface area (Å²) in [5.74, 6) is -1.05. The SMILES string of the molecule is Cc1cc2ccc(C(C)(C)O)cc2c(-c2ccc(Cl)cc2)c1C(OC(C)(C)C)C(=O)O. The number of hydrogen-bond acceptors (Lipinski definition) is 3. The number of carboxylic acid groups (broad SMARTS) is 1. The average Bonchev–Trinajstić information content (AvgIpc) is 2.64. The maximum Gasteiger partial charge on any atom is 0.337 e. The summed E-state index contributed by atoms with van der Waals surface area (Å²) in [6, 6.07) is 15.1. The van der Waals surface area contributed by atoms with Gasteiger partial charge in [0.15, 0.2) is 6.10 Å². The van der Waals surface area contributed by atoms with Gasteiger partial charge in [-0.3, -0.25) is 0 Å². The van der Waals surface area contributed by atoms with Gasteiger partial charge in [0.1, 0.15) is 0 Å². The number of halogens is 1. The van der Waals surface area contributed by atoms with E-state index < -0.39 is 23.3 Å². The molecule has 0 aliphatic carbocycles. The van der Waals surface area contributed by atoms with E-state index in [9.17, 15) is 15.0 Å². The van der Waals surface area contributed by atoms with E-state index in [1.807, 2.05) is 64.1 Å². The number of fused-ring (bicyclic) bond motifs is 1. The van der Waals surface area contributed by atoms with Crippen molar-refractivity contribution >= 4 is 28.3 Å². The van der Waals surface area contributed by atoms with Gasteiger partial charge in [-0.15, -0.1) is 0 Å². The van der Waals surface area contributed by atoms with Crippen LogP contribution < -0.4 is 0 Å². The zero-order chi connectivity index (χ0) is 23.1. The second-order valence-electron chi connectivity index (χ2n) is 9.43. The molecule has 164 valence electrons. The fourth-order valence-electron chi connectivity index (χ4n) is 3.78. The summed E-state index contributed by atoms with van der Waals surface area (Å²) in [5, 5.41) is 23.1. The van der Waals surface area contributed by atoms with Crippen molar-refractivity contribution in [1.29, 1.82) is 0 Å². The lowest BCUT2D eigenvalue weighted by Gasteiger charge is -2.29. The van der Waals surface area contributed by atoms with E-state index in [-0.39, 0.29) is 0 Å². The molecule has 0 aromatic heterocycles. The number of benzene rings is 3. The first-order valence-corrected chi connectivity index (χ1v) is 10.6. The number of carboxylic acids is 1. The summed E-state index contributed by atoms with van der Waals surface area (Å²) in [4.78, 5) is 12.3. The number of aliphatic carboxylic acids is 1. The Labute approximate surface area is 188 Å². The maximum absolute atomic E-state index is 12.3. The summed E-state index contributed by atoms with van der Waals surface area (Å²) >= 11 is 6.12. The first-order chi connectivity index (χ1) is 14.3. The minimum atomic E-state index is -1.15. The Hall–Kier alpha value is -2.40. The zero-order valence-corrected chi connectivity index (χ0v) is 19.5. The van der Waals surface area contributed by atoms with Crippen LogP contribution in [0.15, 0.2) is 48.5 Å². The molecule has 0 fully saturated rings. The van der Waals surface area contributed by atoms with Gasteiger partial charge < -0.3 is 14.9 Å². The van der Waals surface area contributed by atoms with E-state index in [4.69, 9.17) is 16.3 Å². The van der Waals surface area contributed by atoms with Crippen LogP contribution >= 0.6 is 11.6 Å². The van der Waals surface area contributed by atoms with E-state index in [1.165, 1.54) is 0 Å². The van der Waals surface area contributed by atoms with E-state index in [2.05, 4.69) is 0 Å². The van der Waals surface area contributed by atoms with Crippen LogP contribution in [0.25, 0.3) is 21.9 Å². The predicted molar refractivity (Wildman–Crippen MR) is 126 cm³/mol. The predicted octanol–water partition coefficient (Wildman–Crippen LogP) is 6.64. The minimum Gasteiger partial charge on any atom is -0.479 e. The van der Waals surface area contributed by atoms with Crippen molar-refractivity contribution in [3.8, 4) is 11.1 Å². The molecule has 0 bridgehead atoms. The molecular formula is C26H29ClO4. The maximum atomic E-state index is 12.3. The largest absolute Gasteiger partial charge is 0.479 e. The van der Waals surface area contributed by atoms with Crippen LogP contribution in [0.1, 0.15) is 57.4 Å². The van der Waals surface area contributed by atoms with Gasteiger partial charge in [-0.05, 0) is 92.8 Å². The Balaban J connectivity index is 2.44. The topological polar surface area (TPSA) is 66.8 Å². The normalized spacial score (nSPS) is 13.4. The molecule has 0 heterocycles. The number of aryl methyl sites for hydroxylation is 1. The monoisotopic (exact) mass is 440 g/mol. The van der Waals surface area contributed by atoms with Gasteiger partial charge in [-0.2, -0.15) is 0 Å². The number of ether oxygens (including phenoxy) is 1. The molecule has 0 amide bonds.